The molecule has 0 saturated heterocycles. The van der Waals surface area contributed by atoms with Gasteiger partial charge in [-0.3, -0.25) is 0 Å². The topological polar surface area (TPSA) is 0 Å². The van der Waals surface area contributed by atoms with Gasteiger partial charge in [0.05, 0.1) is 0 Å². The van der Waals surface area contributed by atoms with Gasteiger partial charge in [0.25, 0.3) is 0 Å². The molecule has 0 radical (unpaired) electrons. The molecule has 0 aliphatic heterocycles. The third kappa shape index (κ3) is 7.85. The molecule has 0 aliphatic rings. The molecular formula is C14H24. The van der Waals surface area contributed by atoms with Gasteiger partial charge in [-0.25, -0.2) is 0 Å². The van der Waals surface area contributed by atoms with Gasteiger partial charge in [0.2, 0.25) is 0 Å². The van der Waals surface area contributed by atoms with E-state index in [1.807, 2.05) is 0 Å². The van der Waals surface area contributed by atoms with Crippen LogP contribution >= 0.6 is 0 Å². The Balaban J connectivity index is 3.94. The van der Waals surface area contributed by atoms with E-state index in [0.29, 0.717) is 0 Å². The van der Waals surface area contributed by atoms with E-state index in [1.165, 1.54) is 30.4 Å². The predicted octanol–water partition coefficient (Wildman–Crippen LogP) is 5.04. The van der Waals surface area contributed by atoms with Crippen LogP contribution in [0.25, 0.3) is 0 Å². The fraction of sp³-hybridized carbons (Fsp3) is 0.571. The van der Waals surface area contributed by atoms with Crippen LogP contribution < -0.4 is 0 Å². The van der Waals surface area contributed by atoms with E-state index in [9.17, 15) is 0 Å². The van der Waals surface area contributed by atoms with Gasteiger partial charge in [-0.1, -0.05) is 55.7 Å². The molecule has 0 heterocycles. The van der Waals surface area contributed by atoms with Gasteiger partial charge in [-0.15, -0.1) is 0 Å². The third-order valence-electron chi connectivity index (χ3n) is 2.19. The van der Waals surface area contributed by atoms with Crippen molar-refractivity contribution in [3.8, 4) is 0 Å². The lowest BCUT2D eigenvalue weighted by Gasteiger charge is -1.96. The van der Waals surface area contributed by atoms with Gasteiger partial charge in [-0.05, 0) is 33.1 Å². The fourth-order valence-electron chi connectivity index (χ4n) is 1.29. The first kappa shape index (κ1) is 13.2. The number of unbranched alkanes of at least 4 members (excludes halogenated alkanes) is 1. The Morgan fingerprint density at radius 3 is 2.43 bits per heavy atom. The first-order valence-corrected chi connectivity index (χ1v) is 5.71. The van der Waals surface area contributed by atoms with E-state index < -0.39 is 0 Å². The highest BCUT2D eigenvalue weighted by atomic mass is 13.9. The summed E-state index contributed by atoms with van der Waals surface area (Å²) in [6, 6.07) is 0. The van der Waals surface area contributed by atoms with Crippen LogP contribution in [0.1, 0.15) is 53.4 Å². The zero-order chi connectivity index (χ0) is 10.8. The summed E-state index contributed by atoms with van der Waals surface area (Å²) >= 11 is 0. The lowest BCUT2D eigenvalue weighted by atomic mass is 10.1. The molecule has 0 nitrogen and oxygen atoms in total. The molecular weight excluding hydrogens is 168 g/mol. The number of rotatable bonds is 6. The smallest absolute Gasteiger partial charge is 0.0320 e. The molecule has 0 N–H and O–H groups in total. The van der Waals surface area contributed by atoms with Gasteiger partial charge in [0.15, 0.2) is 0 Å². The minimum atomic E-state index is 1.12. The molecule has 0 aliphatic carbocycles. The van der Waals surface area contributed by atoms with Crippen molar-refractivity contribution in [2.24, 2.45) is 0 Å². The molecule has 0 spiro atoms. The van der Waals surface area contributed by atoms with Crippen molar-refractivity contribution in [2.45, 2.75) is 53.4 Å². The zero-order valence-electron chi connectivity index (χ0n) is 10.1. The van der Waals surface area contributed by atoms with E-state index in [-0.39, 0.29) is 0 Å². The Morgan fingerprint density at radius 2 is 1.86 bits per heavy atom. The molecule has 80 valence electrons. The molecule has 0 fully saturated rings. The standard InChI is InChI=1S/C14H24/c1-5-7-10-14(4)12-8-11-13(3)9-6-2/h8-9,11-12H,5-7,10H2,1-4H3/b11-8-,13-9+,14-12+. The Labute approximate surface area is 89.4 Å². The summed E-state index contributed by atoms with van der Waals surface area (Å²) in [5.41, 5.74) is 2.83. The molecule has 0 unspecified atom stereocenters. The van der Waals surface area contributed by atoms with E-state index in [0.717, 1.165) is 6.42 Å². The quantitative estimate of drug-likeness (QED) is 0.517. The highest BCUT2D eigenvalue weighted by Crippen LogP contribution is 2.06. The molecule has 0 aromatic carbocycles. The van der Waals surface area contributed by atoms with Gasteiger partial charge >= 0.3 is 0 Å². The van der Waals surface area contributed by atoms with Crippen molar-refractivity contribution in [2.75, 3.05) is 0 Å². The average molecular weight is 192 g/mol. The first-order chi connectivity index (χ1) is 6.70. The van der Waals surface area contributed by atoms with E-state index >= 15 is 0 Å². The van der Waals surface area contributed by atoms with Crippen LogP contribution in [0, 0.1) is 0 Å². The van der Waals surface area contributed by atoms with Gasteiger partial charge in [0, 0.05) is 0 Å². The van der Waals surface area contributed by atoms with Crippen molar-refractivity contribution in [3.63, 3.8) is 0 Å². The second-order valence-electron chi connectivity index (χ2n) is 3.83. The summed E-state index contributed by atoms with van der Waals surface area (Å²) in [6.45, 7) is 8.75. The highest BCUT2D eigenvalue weighted by molar-refractivity contribution is 5.21. The van der Waals surface area contributed by atoms with Crippen molar-refractivity contribution in [1.82, 2.24) is 0 Å². The van der Waals surface area contributed by atoms with Gasteiger partial charge in [0.1, 0.15) is 0 Å². The van der Waals surface area contributed by atoms with Crippen LogP contribution in [-0.4, -0.2) is 0 Å². The van der Waals surface area contributed by atoms with Crippen LogP contribution in [0.15, 0.2) is 35.5 Å². The molecule has 0 amide bonds. The van der Waals surface area contributed by atoms with Crippen molar-refractivity contribution in [1.29, 1.82) is 0 Å². The number of hydrogen-bond acceptors (Lipinski definition) is 0. The third-order valence-corrected chi connectivity index (χ3v) is 2.19. The maximum absolute atomic E-state index is 2.24. The summed E-state index contributed by atoms with van der Waals surface area (Å²) in [5.74, 6) is 0. The van der Waals surface area contributed by atoms with Crippen LogP contribution in [0.3, 0.4) is 0 Å². The largest absolute Gasteiger partial charge is 0.0819 e. The maximum Gasteiger partial charge on any atom is -0.0320 e. The summed E-state index contributed by atoms with van der Waals surface area (Å²) in [5, 5.41) is 0. The number of hydrogen-bond donors (Lipinski definition) is 0. The van der Waals surface area contributed by atoms with Crippen LogP contribution in [0.5, 0.6) is 0 Å². The summed E-state index contributed by atoms with van der Waals surface area (Å²) < 4.78 is 0. The summed E-state index contributed by atoms with van der Waals surface area (Å²) in [7, 11) is 0. The Kier molecular flexibility index (Phi) is 8.31. The molecule has 0 atom stereocenters. The lowest BCUT2D eigenvalue weighted by Crippen LogP contribution is -1.75. The average Bonchev–Trinajstić information content (AvgIpc) is 2.15. The van der Waals surface area contributed by atoms with E-state index in [2.05, 4.69) is 52.0 Å². The molecule has 14 heavy (non-hydrogen) atoms. The van der Waals surface area contributed by atoms with Crippen LogP contribution in [0.4, 0.5) is 0 Å². The van der Waals surface area contributed by atoms with Crippen molar-refractivity contribution >= 4 is 0 Å². The van der Waals surface area contributed by atoms with Crippen molar-refractivity contribution < 1.29 is 0 Å². The second kappa shape index (κ2) is 8.80. The maximum atomic E-state index is 2.24. The van der Waals surface area contributed by atoms with E-state index in [1.54, 1.807) is 0 Å². The minimum Gasteiger partial charge on any atom is -0.0819 e. The van der Waals surface area contributed by atoms with Crippen LogP contribution in [-0.2, 0) is 0 Å². The molecule has 0 bridgehead atoms. The SMILES string of the molecule is CC/C=C(C)/C=C\C=C(/C)CCCC. The Hall–Kier alpha value is -0.780. The minimum absolute atomic E-state index is 1.12. The molecule has 0 aromatic rings. The number of allylic oxidation sites excluding steroid dienone is 6. The Bertz CT molecular complexity index is 216. The summed E-state index contributed by atoms with van der Waals surface area (Å²) in [4.78, 5) is 0. The highest BCUT2D eigenvalue weighted by Gasteiger charge is 1.86. The molecule has 0 saturated carbocycles. The normalized spacial score (nSPS) is 14.0. The summed E-state index contributed by atoms with van der Waals surface area (Å²) in [6.07, 6.45) is 13.7. The van der Waals surface area contributed by atoms with Gasteiger partial charge in [-0.2, -0.15) is 0 Å². The molecule has 0 rings (SSSR count). The predicted molar refractivity (Wildman–Crippen MR) is 66.5 cm³/mol. The Morgan fingerprint density at radius 1 is 1.14 bits per heavy atom. The van der Waals surface area contributed by atoms with E-state index in [4.69, 9.17) is 0 Å². The molecule has 0 heteroatoms. The van der Waals surface area contributed by atoms with Crippen LogP contribution in [0.2, 0.25) is 0 Å². The fourth-order valence-corrected chi connectivity index (χ4v) is 1.29. The second-order valence-corrected chi connectivity index (χ2v) is 3.83. The first-order valence-electron chi connectivity index (χ1n) is 5.71. The monoisotopic (exact) mass is 192 g/mol. The van der Waals surface area contributed by atoms with Gasteiger partial charge < -0.3 is 0 Å². The zero-order valence-corrected chi connectivity index (χ0v) is 10.1. The van der Waals surface area contributed by atoms with Crippen molar-refractivity contribution in [3.05, 3.63) is 35.5 Å². The molecule has 0 aromatic heterocycles. The lowest BCUT2D eigenvalue weighted by molar-refractivity contribution is 0.787.